The van der Waals surface area contributed by atoms with Crippen LogP contribution in [0.5, 0.6) is 0 Å². The van der Waals surface area contributed by atoms with E-state index in [1.807, 2.05) is 0 Å². The van der Waals surface area contributed by atoms with E-state index in [4.69, 9.17) is 4.74 Å². The maximum absolute atomic E-state index is 13.0. The van der Waals surface area contributed by atoms with Crippen molar-refractivity contribution in [2.45, 2.75) is 20.0 Å². The number of anilines is 1. The molecule has 0 aromatic carbocycles. The fraction of sp³-hybridized carbons (Fsp3) is 0.333. The van der Waals surface area contributed by atoms with E-state index in [1.54, 1.807) is 7.11 Å². The largest absolute Gasteiger partial charge is 0.416 e. The van der Waals surface area contributed by atoms with Crippen molar-refractivity contribution in [2.24, 2.45) is 0 Å². The van der Waals surface area contributed by atoms with Crippen LogP contribution in [0.4, 0.5) is 18.9 Å². The summed E-state index contributed by atoms with van der Waals surface area (Å²) in [7, 11) is 1.54. The molecule has 0 spiro atoms. The van der Waals surface area contributed by atoms with E-state index in [9.17, 15) is 18.0 Å². The Morgan fingerprint density at radius 3 is 2.65 bits per heavy atom. The number of pyridine rings is 1. The highest BCUT2D eigenvalue weighted by Gasteiger charge is 2.32. The molecule has 0 bridgehead atoms. The number of nitrogens with zero attached hydrogens (tertiary/aromatic N) is 1. The summed E-state index contributed by atoms with van der Waals surface area (Å²) >= 11 is 0. The van der Waals surface area contributed by atoms with Crippen molar-refractivity contribution in [1.29, 1.82) is 0 Å². The van der Waals surface area contributed by atoms with Crippen molar-refractivity contribution in [3.8, 4) is 0 Å². The lowest BCUT2D eigenvalue weighted by molar-refractivity contribution is -0.0884. The van der Waals surface area contributed by atoms with Crippen molar-refractivity contribution in [3.63, 3.8) is 0 Å². The molecule has 0 fully saturated rings. The standard InChI is InChI=1S/C18H22F3N3O2/c1-5-13(18(19,20)21)10-15(12(2)3)24-17(25)14-6-7-22-11-16(14)23-8-9-26-4/h5-7,10-11,23H,2,8-9H2,1,3-4H3,(H,24,25). The summed E-state index contributed by atoms with van der Waals surface area (Å²) in [5, 5.41) is 5.48. The minimum Gasteiger partial charge on any atom is -0.383 e. The maximum atomic E-state index is 13.0. The van der Waals surface area contributed by atoms with Crippen LogP contribution in [0, 0.1) is 0 Å². The Morgan fingerprint density at radius 2 is 2.12 bits per heavy atom. The lowest BCUT2D eigenvalue weighted by Gasteiger charge is -2.15. The summed E-state index contributed by atoms with van der Waals surface area (Å²) < 4.78 is 43.8. The molecule has 5 nitrogen and oxygen atoms in total. The molecule has 26 heavy (non-hydrogen) atoms. The Bertz CT molecular complexity index is 710. The van der Waals surface area contributed by atoms with Crippen molar-refractivity contribution in [2.75, 3.05) is 25.6 Å². The molecule has 1 amide bonds. The van der Waals surface area contributed by atoms with E-state index in [0.717, 1.165) is 12.2 Å². The van der Waals surface area contributed by atoms with Crippen molar-refractivity contribution >= 4 is 11.6 Å². The number of methoxy groups -OCH3 is 1. The zero-order valence-corrected chi connectivity index (χ0v) is 14.9. The highest BCUT2D eigenvalue weighted by molar-refractivity contribution is 6.00. The van der Waals surface area contributed by atoms with Gasteiger partial charge in [0.2, 0.25) is 0 Å². The van der Waals surface area contributed by atoms with Crippen LogP contribution < -0.4 is 10.6 Å². The molecule has 0 unspecified atom stereocenters. The average Bonchev–Trinajstić information content (AvgIpc) is 2.57. The number of hydrogen-bond donors (Lipinski definition) is 2. The van der Waals surface area contributed by atoms with Crippen LogP contribution in [0.2, 0.25) is 0 Å². The predicted octanol–water partition coefficient (Wildman–Crippen LogP) is 3.84. The summed E-state index contributed by atoms with van der Waals surface area (Å²) in [5.41, 5.74) is 0.108. The lowest BCUT2D eigenvalue weighted by atomic mass is 10.1. The van der Waals surface area contributed by atoms with Gasteiger partial charge in [0.25, 0.3) is 5.91 Å². The fourth-order valence-corrected chi connectivity index (χ4v) is 1.96. The Morgan fingerprint density at radius 1 is 1.42 bits per heavy atom. The molecule has 0 radical (unpaired) electrons. The first-order valence-corrected chi connectivity index (χ1v) is 7.80. The number of alkyl halides is 3. The highest BCUT2D eigenvalue weighted by Crippen LogP contribution is 2.28. The van der Waals surface area contributed by atoms with Gasteiger partial charge < -0.3 is 15.4 Å². The van der Waals surface area contributed by atoms with Crippen molar-refractivity contribution < 1.29 is 22.7 Å². The van der Waals surface area contributed by atoms with E-state index >= 15 is 0 Å². The smallest absolute Gasteiger partial charge is 0.383 e. The molecular weight excluding hydrogens is 347 g/mol. The third-order valence-corrected chi connectivity index (χ3v) is 3.33. The highest BCUT2D eigenvalue weighted by atomic mass is 19.4. The lowest BCUT2D eigenvalue weighted by Crippen LogP contribution is -2.25. The second-order valence-corrected chi connectivity index (χ2v) is 5.38. The van der Waals surface area contributed by atoms with E-state index in [1.165, 1.54) is 32.3 Å². The summed E-state index contributed by atoms with van der Waals surface area (Å²) in [5.74, 6) is -0.570. The van der Waals surface area contributed by atoms with E-state index in [-0.39, 0.29) is 11.3 Å². The molecule has 0 aliphatic rings. The van der Waals surface area contributed by atoms with Gasteiger partial charge in [-0.05, 0) is 31.6 Å². The minimum atomic E-state index is -4.52. The zero-order valence-electron chi connectivity index (χ0n) is 14.9. The SMILES string of the molecule is C=C(C)C(=CC(=CC)C(F)(F)F)NC(=O)c1ccncc1NCCOC. The second kappa shape index (κ2) is 9.76. The molecule has 1 aromatic heterocycles. The number of ether oxygens (including phenoxy) is 1. The van der Waals surface area contributed by atoms with Gasteiger partial charge >= 0.3 is 6.18 Å². The van der Waals surface area contributed by atoms with Crippen LogP contribution in [0.3, 0.4) is 0 Å². The van der Waals surface area contributed by atoms with Crippen LogP contribution in [0.1, 0.15) is 24.2 Å². The summed E-state index contributed by atoms with van der Waals surface area (Å²) in [6, 6.07) is 1.47. The maximum Gasteiger partial charge on any atom is 0.416 e. The van der Waals surface area contributed by atoms with Gasteiger partial charge in [0.1, 0.15) is 0 Å². The summed E-state index contributed by atoms with van der Waals surface area (Å²) in [6.07, 6.45) is 0.151. The molecule has 8 heteroatoms. The third-order valence-electron chi connectivity index (χ3n) is 3.33. The van der Waals surface area contributed by atoms with Crippen LogP contribution in [-0.2, 0) is 4.74 Å². The van der Waals surface area contributed by atoms with E-state index in [2.05, 4.69) is 22.2 Å². The predicted molar refractivity (Wildman–Crippen MR) is 94.8 cm³/mol. The first-order chi connectivity index (χ1) is 12.2. The number of carbonyl (C=O) groups is 1. The Balaban J connectivity index is 3.08. The van der Waals surface area contributed by atoms with Crippen LogP contribution in [0.15, 0.2) is 54.0 Å². The molecule has 0 saturated carbocycles. The quantitative estimate of drug-likeness (QED) is 0.540. The molecule has 1 aromatic rings. The van der Waals surface area contributed by atoms with Gasteiger partial charge in [-0.2, -0.15) is 13.2 Å². The average molecular weight is 369 g/mol. The van der Waals surface area contributed by atoms with E-state index in [0.29, 0.717) is 24.4 Å². The van der Waals surface area contributed by atoms with Gasteiger partial charge in [0, 0.05) is 25.5 Å². The number of carbonyl (C=O) groups excluding carboxylic acids is 1. The molecule has 142 valence electrons. The van der Waals surface area contributed by atoms with E-state index < -0.39 is 17.7 Å². The number of rotatable bonds is 8. The number of amides is 1. The summed E-state index contributed by atoms with van der Waals surface area (Å²) in [6.45, 7) is 7.29. The van der Waals surface area contributed by atoms with Crippen LogP contribution >= 0.6 is 0 Å². The summed E-state index contributed by atoms with van der Waals surface area (Å²) in [4.78, 5) is 16.5. The number of halogens is 3. The van der Waals surface area contributed by atoms with Crippen molar-refractivity contribution in [1.82, 2.24) is 10.3 Å². The van der Waals surface area contributed by atoms with Gasteiger partial charge in [-0.1, -0.05) is 12.7 Å². The first kappa shape index (κ1) is 21.4. The van der Waals surface area contributed by atoms with Gasteiger partial charge in [0.05, 0.1) is 29.6 Å². The number of hydrogen-bond acceptors (Lipinski definition) is 4. The van der Waals surface area contributed by atoms with Gasteiger partial charge in [-0.15, -0.1) is 0 Å². The molecule has 0 saturated heterocycles. The van der Waals surface area contributed by atoms with Crippen LogP contribution in [-0.4, -0.2) is 37.3 Å². The Kier molecular flexibility index (Phi) is 8.05. The Labute approximate surface area is 150 Å². The molecule has 1 rings (SSSR count). The van der Waals surface area contributed by atoms with Gasteiger partial charge in [-0.25, -0.2) is 0 Å². The molecule has 0 aliphatic heterocycles. The second-order valence-electron chi connectivity index (χ2n) is 5.38. The van der Waals surface area contributed by atoms with Gasteiger partial charge in [-0.3, -0.25) is 9.78 Å². The molecular formula is C18H22F3N3O2. The molecule has 0 aliphatic carbocycles. The fourth-order valence-electron chi connectivity index (χ4n) is 1.96. The number of allylic oxidation sites excluding steroid dienone is 4. The van der Waals surface area contributed by atoms with Crippen LogP contribution in [0.25, 0.3) is 0 Å². The molecule has 0 atom stereocenters. The molecule has 2 N–H and O–H groups in total. The van der Waals surface area contributed by atoms with Crippen molar-refractivity contribution in [3.05, 3.63) is 59.6 Å². The minimum absolute atomic E-state index is 0.0138. The number of nitrogens with one attached hydrogen (secondary N) is 2. The van der Waals surface area contributed by atoms with Gasteiger partial charge in [0.15, 0.2) is 0 Å². The molecule has 1 heterocycles. The topological polar surface area (TPSA) is 63.2 Å². The Hall–Kier alpha value is -2.61. The normalized spacial score (nSPS) is 12.7. The monoisotopic (exact) mass is 369 g/mol. The number of aromatic nitrogens is 1. The zero-order chi connectivity index (χ0) is 19.7. The first-order valence-electron chi connectivity index (χ1n) is 7.80. The third kappa shape index (κ3) is 6.36.